The highest BCUT2D eigenvalue weighted by molar-refractivity contribution is 5.80. The molecule has 21 heavy (non-hydrogen) atoms. The summed E-state index contributed by atoms with van der Waals surface area (Å²) >= 11 is 0. The van der Waals surface area contributed by atoms with Crippen LogP contribution in [0.3, 0.4) is 0 Å². The van der Waals surface area contributed by atoms with E-state index in [1.54, 1.807) is 14.2 Å². The number of benzene rings is 2. The quantitative estimate of drug-likeness (QED) is 0.713. The van der Waals surface area contributed by atoms with Crippen molar-refractivity contribution in [3.63, 3.8) is 0 Å². The van der Waals surface area contributed by atoms with Gasteiger partial charge in [0.25, 0.3) is 0 Å². The summed E-state index contributed by atoms with van der Waals surface area (Å²) in [6.07, 6.45) is 4.90. The van der Waals surface area contributed by atoms with Crippen LogP contribution in [0.15, 0.2) is 67.3 Å². The molecular formula is C19H20O2. The second-order valence-corrected chi connectivity index (χ2v) is 4.60. The highest BCUT2D eigenvalue weighted by atomic mass is 16.5. The SMILES string of the molecule is C=CCC=C(c1ccc(OC)cc1)c1ccc(OC)cc1. The van der Waals surface area contributed by atoms with Crippen molar-refractivity contribution < 1.29 is 9.47 Å². The summed E-state index contributed by atoms with van der Waals surface area (Å²) in [5, 5.41) is 0. The van der Waals surface area contributed by atoms with Gasteiger partial charge >= 0.3 is 0 Å². The van der Waals surface area contributed by atoms with E-state index in [9.17, 15) is 0 Å². The van der Waals surface area contributed by atoms with Gasteiger partial charge in [0.05, 0.1) is 14.2 Å². The minimum atomic E-state index is 0.827. The molecule has 0 aromatic heterocycles. The van der Waals surface area contributed by atoms with Crippen molar-refractivity contribution in [2.24, 2.45) is 0 Å². The Morgan fingerprint density at radius 1 is 0.857 bits per heavy atom. The monoisotopic (exact) mass is 280 g/mol. The average Bonchev–Trinajstić information content (AvgIpc) is 2.56. The van der Waals surface area contributed by atoms with Crippen molar-refractivity contribution in [3.05, 3.63) is 78.4 Å². The fourth-order valence-corrected chi connectivity index (χ4v) is 2.14. The molecule has 0 fully saturated rings. The summed E-state index contributed by atoms with van der Waals surface area (Å²) in [5.41, 5.74) is 3.49. The number of hydrogen-bond donors (Lipinski definition) is 0. The third-order valence-corrected chi connectivity index (χ3v) is 3.29. The Hall–Kier alpha value is -2.48. The van der Waals surface area contributed by atoms with Gasteiger partial charge in [0.15, 0.2) is 0 Å². The average molecular weight is 280 g/mol. The van der Waals surface area contributed by atoms with Crippen molar-refractivity contribution in [1.29, 1.82) is 0 Å². The van der Waals surface area contributed by atoms with Gasteiger partial charge in [-0.15, -0.1) is 6.58 Å². The topological polar surface area (TPSA) is 18.5 Å². The molecule has 0 aliphatic heterocycles. The lowest BCUT2D eigenvalue weighted by Crippen LogP contribution is -1.90. The number of allylic oxidation sites excluding steroid dienone is 2. The molecule has 2 aromatic carbocycles. The molecule has 0 spiro atoms. The minimum absolute atomic E-state index is 0.827. The molecule has 0 radical (unpaired) electrons. The normalized spacial score (nSPS) is 9.81. The zero-order chi connectivity index (χ0) is 15.1. The van der Waals surface area contributed by atoms with Crippen LogP contribution in [0.2, 0.25) is 0 Å². The van der Waals surface area contributed by atoms with E-state index < -0.39 is 0 Å². The van der Waals surface area contributed by atoms with Crippen molar-refractivity contribution in [2.75, 3.05) is 14.2 Å². The summed E-state index contributed by atoms with van der Waals surface area (Å²) in [4.78, 5) is 0. The molecule has 0 atom stereocenters. The first kappa shape index (κ1) is 14.9. The van der Waals surface area contributed by atoms with E-state index in [4.69, 9.17) is 9.47 Å². The molecule has 0 aliphatic carbocycles. The summed E-state index contributed by atoms with van der Waals surface area (Å²) in [5.74, 6) is 1.72. The van der Waals surface area contributed by atoms with Crippen molar-refractivity contribution in [3.8, 4) is 11.5 Å². The van der Waals surface area contributed by atoms with Crippen LogP contribution in [0.5, 0.6) is 11.5 Å². The summed E-state index contributed by atoms with van der Waals surface area (Å²) in [6, 6.07) is 16.2. The molecule has 0 unspecified atom stereocenters. The molecule has 0 bridgehead atoms. The molecule has 0 heterocycles. The molecule has 0 N–H and O–H groups in total. The van der Waals surface area contributed by atoms with Gasteiger partial charge in [-0.3, -0.25) is 0 Å². The Bertz CT molecular complexity index is 558. The van der Waals surface area contributed by atoms with E-state index in [-0.39, 0.29) is 0 Å². The largest absolute Gasteiger partial charge is 0.497 e. The lowest BCUT2D eigenvalue weighted by molar-refractivity contribution is 0.414. The van der Waals surface area contributed by atoms with Gasteiger partial charge in [-0.1, -0.05) is 36.4 Å². The molecule has 0 amide bonds. The second kappa shape index (κ2) is 7.34. The summed E-state index contributed by atoms with van der Waals surface area (Å²) < 4.78 is 10.4. The molecule has 2 heteroatoms. The van der Waals surface area contributed by atoms with Gasteiger partial charge in [-0.2, -0.15) is 0 Å². The second-order valence-electron chi connectivity index (χ2n) is 4.60. The summed E-state index contributed by atoms with van der Waals surface area (Å²) in [7, 11) is 3.35. The van der Waals surface area contributed by atoms with Gasteiger partial charge in [0.1, 0.15) is 11.5 Å². The van der Waals surface area contributed by atoms with Gasteiger partial charge in [-0.25, -0.2) is 0 Å². The van der Waals surface area contributed by atoms with Crippen molar-refractivity contribution in [2.45, 2.75) is 6.42 Å². The Morgan fingerprint density at radius 3 is 1.62 bits per heavy atom. The van der Waals surface area contributed by atoms with E-state index >= 15 is 0 Å². The molecule has 2 aromatic rings. The zero-order valence-corrected chi connectivity index (χ0v) is 12.5. The van der Waals surface area contributed by atoms with E-state index in [0.717, 1.165) is 29.0 Å². The summed E-state index contributed by atoms with van der Waals surface area (Å²) in [6.45, 7) is 3.79. The Morgan fingerprint density at radius 2 is 1.29 bits per heavy atom. The van der Waals surface area contributed by atoms with Crippen LogP contribution in [-0.4, -0.2) is 14.2 Å². The van der Waals surface area contributed by atoms with Crippen molar-refractivity contribution in [1.82, 2.24) is 0 Å². The van der Waals surface area contributed by atoms with E-state index in [2.05, 4.69) is 36.9 Å². The predicted molar refractivity (Wildman–Crippen MR) is 87.9 cm³/mol. The number of rotatable bonds is 6. The maximum Gasteiger partial charge on any atom is 0.118 e. The number of ether oxygens (including phenoxy) is 2. The minimum Gasteiger partial charge on any atom is -0.497 e. The molecule has 2 nitrogen and oxygen atoms in total. The maximum absolute atomic E-state index is 5.21. The Labute approximate surface area is 126 Å². The lowest BCUT2D eigenvalue weighted by Gasteiger charge is -2.10. The highest BCUT2D eigenvalue weighted by Gasteiger charge is 2.05. The first-order valence-electron chi connectivity index (χ1n) is 6.88. The molecule has 0 saturated carbocycles. The van der Waals surface area contributed by atoms with Crippen LogP contribution in [0.1, 0.15) is 17.5 Å². The van der Waals surface area contributed by atoms with Gasteiger partial charge in [0.2, 0.25) is 0 Å². The molecule has 0 saturated heterocycles. The number of methoxy groups -OCH3 is 2. The maximum atomic E-state index is 5.21. The van der Waals surface area contributed by atoms with Crippen molar-refractivity contribution >= 4 is 5.57 Å². The predicted octanol–water partition coefficient (Wildman–Crippen LogP) is 4.71. The molecule has 2 rings (SSSR count). The van der Waals surface area contributed by atoms with Crippen LogP contribution in [-0.2, 0) is 0 Å². The Kier molecular flexibility index (Phi) is 5.22. The third-order valence-electron chi connectivity index (χ3n) is 3.29. The van der Waals surface area contributed by atoms with E-state index in [1.807, 2.05) is 30.3 Å². The number of hydrogen-bond acceptors (Lipinski definition) is 2. The van der Waals surface area contributed by atoms with Crippen LogP contribution in [0.4, 0.5) is 0 Å². The van der Waals surface area contributed by atoms with Gasteiger partial charge in [-0.05, 0) is 47.4 Å². The van der Waals surface area contributed by atoms with Gasteiger partial charge in [0, 0.05) is 0 Å². The van der Waals surface area contributed by atoms with Gasteiger partial charge < -0.3 is 9.47 Å². The Balaban J connectivity index is 2.38. The highest BCUT2D eigenvalue weighted by Crippen LogP contribution is 2.27. The molecule has 0 aliphatic rings. The zero-order valence-electron chi connectivity index (χ0n) is 12.5. The van der Waals surface area contributed by atoms with Crippen LogP contribution in [0, 0.1) is 0 Å². The first-order valence-corrected chi connectivity index (χ1v) is 6.88. The fraction of sp³-hybridized carbons (Fsp3) is 0.158. The first-order chi connectivity index (χ1) is 10.3. The van der Waals surface area contributed by atoms with Crippen LogP contribution in [0.25, 0.3) is 5.57 Å². The fourth-order valence-electron chi connectivity index (χ4n) is 2.14. The standard InChI is InChI=1S/C19H20O2/c1-4-5-6-19(15-7-11-17(20-2)12-8-15)16-9-13-18(21-3)14-10-16/h4,6-14H,1,5H2,2-3H3. The van der Waals surface area contributed by atoms with E-state index in [1.165, 1.54) is 5.57 Å². The molecular weight excluding hydrogens is 260 g/mol. The van der Waals surface area contributed by atoms with Crippen LogP contribution < -0.4 is 9.47 Å². The lowest BCUT2D eigenvalue weighted by atomic mass is 9.96. The third kappa shape index (κ3) is 3.76. The van der Waals surface area contributed by atoms with E-state index in [0.29, 0.717) is 0 Å². The smallest absolute Gasteiger partial charge is 0.118 e. The van der Waals surface area contributed by atoms with Crippen LogP contribution >= 0.6 is 0 Å². The molecule has 108 valence electrons.